The molecule has 12 heteroatoms. The Morgan fingerprint density at radius 3 is 1.00 bits per heavy atom. The van der Waals surface area contributed by atoms with Gasteiger partial charge >= 0.3 is 0 Å². The summed E-state index contributed by atoms with van der Waals surface area (Å²) in [5.41, 5.74) is 11.2. The van der Waals surface area contributed by atoms with E-state index in [-0.39, 0.29) is 0 Å². The fourth-order valence-electron chi connectivity index (χ4n) is 3.37. The Kier molecular flexibility index (Phi) is 31.1. The third-order valence-corrected chi connectivity index (χ3v) is 5.40. The number of nitrogens with zero attached hydrogens (tertiary/aromatic N) is 1. The lowest BCUT2D eigenvalue weighted by molar-refractivity contribution is 0.280. The van der Waals surface area contributed by atoms with Gasteiger partial charge in [-0.3, -0.25) is 4.90 Å². The number of nitrogens with one attached hydrogen (secondary N) is 9. The fraction of sp³-hybridized carbons (Fsp3) is 1.00. The van der Waals surface area contributed by atoms with E-state index in [4.69, 9.17) is 11.5 Å². The van der Waals surface area contributed by atoms with Crippen molar-refractivity contribution in [1.29, 1.82) is 0 Å². The summed E-state index contributed by atoms with van der Waals surface area (Å²) in [5.74, 6) is 0. The predicted molar refractivity (Wildman–Crippen MR) is 151 cm³/mol. The van der Waals surface area contributed by atoms with Gasteiger partial charge in [0.25, 0.3) is 0 Å². The topological polar surface area (TPSA) is 164 Å². The Morgan fingerprint density at radius 1 is 0.371 bits per heavy atom. The van der Waals surface area contributed by atoms with Gasteiger partial charge in [-0.05, 0) is 7.05 Å². The van der Waals surface area contributed by atoms with Crippen molar-refractivity contribution in [2.45, 2.75) is 0 Å². The minimum Gasteiger partial charge on any atom is -0.329 e. The molecule has 0 bridgehead atoms. The number of hydrogen-bond acceptors (Lipinski definition) is 12. The smallest absolute Gasteiger partial charge is 0.0108 e. The first-order chi connectivity index (χ1) is 17.3. The third kappa shape index (κ3) is 29.6. The Balaban J connectivity index is 3.28. The van der Waals surface area contributed by atoms with Crippen LogP contribution in [0, 0.1) is 0 Å². The maximum Gasteiger partial charge on any atom is 0.0108 e. The van der Waals surface area contributed by atoms with Crippen molar-refractivity contribution in [3.05, 3.63) is 0 Å². The molecule has 0 saturated heterocycles. The van der Waals surface area contributed by atoms with Gasteiger partial charge in [-0.25, -0.2) is 0 Å². The number of likely N-dealkylation sites (N-methyl/N-ethyl adjacent to an activating group) is 1. The quantitative estimate of drug-likeness (QED) is 0.0409. The van der Waals surface area contributed by atoms with Crippen molar-refractivity contribution in [1.82, 2.24) is 52.8 Å². The molecule has 0 heterocycles. The first-order valence-corrected chi connectivity index (χ1v) is 13.8. The summed E-state index contributed by atoms with van der Waals surface area (Å²) in [6.07, 6.45) is 0. The maximum atomic E-state index is 5.76. The molecule has 35 heavy (non-hydrogen) atoms. The second-order valence-electron chi connectivity index (χ2n) is 8.52. The molecule has 0 amide bonds. The van der Waals surface area contributed by atoms with Crippen molar-refractivity contribution in [3.63, 3.8) is 0 Å². The highest BCUT2D eigenvalue weighted by Crippen LogP contribution is 1.84. The second-order valence-corrected chi connectivity index (χ2v) is 8.52. The maximum absolute atomic E-state index is 5.76. The van der Waals surface area contributed by atoms with E-state index in [0.29, 0.717) is 13.1 Å². The van der Waals surface area contributed by atoms with Crippen LogP contribution in [0.3, 0.4) is 0 Å². The van der Waals surface area contributed by atoms with Gasteiger partial charge in [0.1, 0.15) is 0 Å². The van der Waals surface area contributed by atoms with E-state index in [0.717, 1.165) is 131 Å². The number of rotatable bonds is 31. The molecule has 0 aliphatic carbocycles. The zero-order chi connectivity index (χ0) is 25.5. The first-order valence-electron chi connectivity index (χ1n) is 13.8. The lowest BCUT2D eigenvalue weighted by atomic mass is 10.4. The highest BCUT2D eigenvalue weighted by atomic mass is 15.2. The zero-order valence-electron chi connectivity index (χ0n) is 22.7. The molecule has 212 valence electrons. The molecule has 0 unspecified atom stereocenters. The normalized spacial score (nSPS) is 11.7. The minimum atomic E-state index is 0.691. The van der Waals surface area contributed by atoms with Crippen LogP contribution >= 0.6 is 0 Å². The molecule has 0 aliphatic heterocycles. The second kappa shape index (κ2) is 31.5. The highest BCUT2D eigenvalue weighted by molar-refractivity contribution is 4.64. The summed E-state index contributed by atoms with van der Waals surface area (Å²) in [6, 6.07) is 0. The molecular formula is C23H60N12. The SMILES string of the molecule is CNCCNCCNCCNCCNCCNCCNCCN(CCN)CCNCCNCCN. The average Bonchev–Trinajstić information content (AvgIpc) is 2.86. The van der Waals surface area contributed by atoms with E-state index in [9.17, 15) is 0 Å². The summed E-state index contributed by atoms with van der Waals surface area (Å²) >= 11 is 0. The Hall–Kier alpha value is -0.480. The van der Waals surface area contributed by atoms with Crippen molar-refractivity contribution < 1.29 is 0 Å². The van der Waals surface area contributed by atoms with Gasteiger partial charge in [0.2, 0.25) is 0 Å². The van der Waals surface area contributed by atoms with E-state index in [1.54, 1.807) is 0 Å². The van der Waals surface area contributed by atoms with Crippen LogP contribution in [-0.4, -0.2) is 156 Å². The summed E-state index contributed by atoms with van der Waals surface area (Å²) in [6.45, 7) is 21.3. The van der Waals surface area contributed by atoms with Gasteiger partial charge in [-0.2, -0.15) is 0 Å². The molecule has 0 spiro atoms. The first kappa shape index (κ1) is 34.5. The Morgan fingerprint density at radius 2 is 0.686 bits per heavy atom. The van der Waals surface area contributed by atoms with E-state index in [1.807, 2.05) is 7.05 Å². The number of hydrogen-bond donors (Lipinski definition) is 11. The van der Waals surface area contributed by atoms with Crippen LogP contribution in [0.15, 0.2) is 0 Å². The molecule has 12 nitrogen and oxygen atoms in total. The lowest BCUT2D eigenvalue weighted by Crippen LogP contribution is -2.41. The summed E-state index contributed by atoms with van der Waals surface area (Å²) in [5, 5.41) is 30.6. The van der Waals surface area contributed by atoms with Crippen LogP contribution in [0.5, 0.6) is 0 Å². The van der Waals surface area contributed by atoms with Crippen molar-refractivity contribution in [2.24, 2.45) is 11.5 Å². The fourth-order valence-corrected chi connectivity index (χ4v) is 3.37. The largest absolute Gasteiger partial charge is 0.329 e. The third-order valence-electron chi connectivity index (χ3n) is 5.40. The zero-order valence-corrected chi connectivity index (χ0v) is 22.7. The molecule has 0 rings (SSSR count). The van der Waals surface area contributed by atoms with Crippen molar-refractivity contribution in [2.75, 3.05) is 151 Å². The standard InChI is InChI=1S/C23H60N12/c1-26-5-6-28-8-9-29-10-11-30-12-13-31-14-15-32-16-18-34-20-23-35(21-3-25)22-19-33-17-7-27-4-2-24/h26-34H,2-25H2,1H3. The van der Waals surface area contributed by atoms with Crippen LogP contribution < -0.4 is 59.3 Å². The molecule has 0 aromatic heterocycles. The Bertz CT molecular complexity index is 378. The van der Waals surface area contributed by atoms with Gasteiger partial charge < -0.3 is 59.3 Å². The van der Waals surface area contributed by atoms with Crippen LogP contribution in [0.4, 0.5) is 0 Å². The van der Waals surface area contributed by atoms with E-state index in [1.165, 1.54) is 0 Å². The number of nitrogens with two attached hydrogens (primary N) is 2. The van der Waals surface area contributed by atoms with Gasteiger partial charge in [-0.15, -0.1) is 0 Å². The molecule has 13 N–H and O–H groups in total. The molecule has 0 saturated carbocycles. The van der Waals surface area contributed by atoms with Gasteiger partial charge in [0.15, 0.2) is 0 Å². The molecule has 0 aliphatic rings. The molecular weight excluding hydrogens is 444 g/mol. The summed E-state index contributed by atoms with van der Waals surface area (Å²) in [4.78, 5) is 2.42. The Labute approximate surface area is 215 Å². The van der Waals surface area contributed by atoms with E-state index >= 15 is 0 Å². The monoisotopic (exact) mass is 505 g/mol. The van der Waals surface area contributed by atoms with Gasteiger partial charge in [0.05, 0.1) is 0 Å². The molecule has 0 atom stereocenters. The van der Waals surface area contributed by atoms with Crippen LogP contribution in [-0.2, 0) is 0 Å². The van der Waals surface area contributed by atoms with Crippen LogP contribution in [0.2, 0.25) is 0 Å². The predicted octanol–water partition coefficient (Wildman–Crippen LogP) is -4.86. The molecule has 0 radical (unpaired) electrons. The van der Waals surface area contributed by atoms with Crippen LogP contribution in [0.1, 0.15) is 0 Å². The van der Waals surface area contributed by atoms with Gasteiger partial charge in [0, 0.05) is 144 Å². The van der Waals surface area contributed by atoms with Gasteiger partial charge in [-0.1, -0.05) is 0 Å². The molecule has 0 fully saturated rings. The summed E-state index contributed by atoms with van der Waals surface area (Å²) in [7, 11) is 1.97. The van der Waals surface area contributed by atoms with Crippen molar-refractivity contribution >= 4 is 0 Å². The highest BCUT2D eigenvalue weighted by Gasteiger charge is 2.03. The molecule has 0 aromatic carbocycles. The molecule has 0 aromatic rings. The average molecular weight is 505 g/mol. The van der Waals surface area contributed by atoms with E-state index in [2.05, 4.69) is 52.8 Å². The van der Waals surface area contributed by atoms with E-state index < -0.39 is 0 Å². The summed E-state index contributed by atoms with van der Waals surface area (Å²) < 4.78 is 0. The van der Waals surface area contributed by atoms with Crippen molar-refractivity contribution in [3.8, 4) is 0 Å². The minimum absolute atomic E-state index is 0.691. The lowest BCUT2D eigenvalue weighted by Gasteiger charge is -2.22. The van der Waals surface area contributed by atoms with Crippen LogP contribution in [0.25, 0.3) is 0 Å².